The highest BCUT2D eigenvalue weighted by Crippen LogP contribution is 2.18. The summed E-state index contributed by atoms with van der Waals surface area (Å²) in [7, 11) is 0. The van der Waals surface area contributed by atoms with Gasteiger partial charge in [0.1, 0.15) is 12.1 Å². The molecule has 0 aliphatic carbocycles. The van der Waals surface area contributed by atoms with Crippen LogP contribution in [-0.4, -0.2) is 66.3 Å². The van der Waals surface area contributed by atoms with Gasteiger partial charge in [-0.05, 0) is 32.0 Å². The summed E-state index contributed by atoms with van der Waals surface area (Å²) in [4.78, 5) is 42.6. The molecule has 4 aromatic rings. The van der Waals surface area contributed by atoms with Crippen LogP contribution in [0.3, 0.4) is 0 Å². The molecule has 1 aliphatic rings. The van der Waals surface area contributed by atoms with Crippen LogP contribution in [-0.2, 0) is 11.3 Å². The molecular weight excluding hydrogens is 432 g/mol. The smallest absolute Gasteiger partial charge is 0.261 e. The molecule has 10 nitrogen and oxygen atoms in total. The minimum atomic E-state index is -0.120. The number of hydrogen-bond donors (Lipinski definition) is 0. The Labute approximate surface area is 196 Å². The number of hydrogen-bond acceptors (Lipinski definition) is 7. The van der Waals surface area contributed by atoms with E-state index in [-0.39, 0.29) is 17.9 Å². The second-order valence-electron chi connectivity index (χ2n) is 8.45. The predicted molar refractivity (Wildman–Crippen MR) is 128 cm³/mol. The molecule has 10 heteroatoms. The van der Waals surface area contributed by atoms with Crippen molar-refractivity contribution in [3.8, 4) is 5.82 Å². The molecule has 0 atom stereocenters. The molecule has 0 N–H and O–H groups in total. The molecule has 3 aromatic heterocycles. The van der Waals surface area contributed by atoms with E-state index in [0.717, 1.165) is 23.0 Å². The molecule has 0 unspecified atom stereocenters. The largest absolute Gasteiger partial charge is 0.353 e. The van der Waals surface area contributed by atoms with Gasteiger partial charge in [0.2, 0.25) is 5.91 Å². The first kappa shape index (κ1) is 21.7. The van der Waals surface area contributed by atoms with Crippen molar-refractivity contribution in [2.75, 3.05) is 31.1 Å². The number of nitrogens with zero attached hydrogens (tertiary/aromatic N) is 8. The van der Waals surface area contributed by atoms with Gasteiger partial charge < -0.3 is 9.80 Å². The van der Waals surface area contributed by atoms with Gasteiger partial charge in [-0.25, -0.2) is 19.6 Å². The maximum Gasteiger partial charge on any atom is 0.261 e. The van der Waals surface area contributed by atoms with Gasteiger partial charge in [-0.1, -0.05) is 12.1 Å². The Kier molecular flexibility index (Phi) is 5.79. The van der Waals surface area contributed by atoms with Crippen molar-refractivity contribution < 1.29 is 4.79 Å². The van der Waals surface area contributed by atoms with E-state index < -0.39 is 0 Å². The minimum Gasteiger partial charge on any atom is -0.353 e. The number of aromatic nitrogens is 6. The molecule has 1 aromatic carbocycles. The van der Waals surface area contributed by atoms with Crippen LogP contribution in [0.15, 0.2) is 53.8 Å². The molecule has 1 fully saturated rings. The Hall–Kier alpha value is -4.08. The number of fused-ring (bicyclic) bond motifs is 1. The second-order valence-corrected chi connectivity index (χ2v) is 8.45. The quantitative estimate of drug-likeness (QED) is 0.449. The summed E-state index contributed by atoms with van der Waals surface area (Å²) in [6.45, 7) is 6.82. The first-order chi connectivity index (χ1) is 16.5. The standard InChI is InChI=1S/C24H26N8O2/c1-17-13-18(2)32(28-17)22-14-21(25-15-26-22)29-9-11-30(12-10-29)23(33)7-8-31-16-27-20-6-4-3-5-19(20)24(31)34/h3-6,13-16H,7-12H2,1-2H3. The SMILES string of the molecule is Cc1cc(C)n(-c2cc(N3CCN(C(=O)CCn4cnc5ccccc5c4=O)CC3)ncn2)n1. The minimum absolute atomic E-state index is 0.0331. The molecule has 174 valence electrons. The molecule has 0 radical (unpaired) electrons. The molecule has 5 rings (SSSR count). The average Bonchev–Trinajstić information content (AvgIpc) is 3.21. The fraction of sp³-hybridized carbons (Fsp3) is 0.333. The number of carbonyl (C=O) groups is 1. The van der Waals surface area contributed by atoms with Crippen LogP contribution in [0.1, 0.15) is 17.8 Å². The van der Waals surface area contributed by atoms with Gasteiger partial charge in [-0.2, -0.15) is 5.10 Å². The monoisotopic (exact) mass is 458 g/mol. The fourth-order valence-corrected chi connectivity index (χ4v) is 4.31. The van der Waals surface area contributed by atoms with Gasteiger partial charge in [-0.15, -0.1) is 0 Å². The average molecular weight is 459 g/mol. The highest BCUT2D eigenvalue weighted by Gasteiger charge is 2.22. The van der Waals surface area contributed by atoms with Crippen molar-refractivity contribution in [2.45, 2.75) is 26.8 Å². The van der Waals surface area contributed by atoms with E-state index in [1.54, 1.807) is 12.4 Å². The van der Waals surface area contributed by atoms with Crippen molar-refractivity contribution in [1.29, 1.82) is 0 Å². The number of anilines is 1. The summed E-state index contributed by atoms with van der Waals surface area (Å²) in [5.41, 5.74) is 2.49. The lowest BCUT2D eigenvalue weighted by atomic mass is 10.2. The number of carbonyl (C=O) groups excluding carboxylic acids is 1. The van der Waals surface area contributed by atoms with Crippen molar-refractivity contribution in [2.24, 2.45) is 0 Å². The third kappa shape index (κ3) is 4.26. The second kappa shape index (κ2) is 9.05. The third-order valence-corrected chi connectivity index (χ3v) is 6.12. The molecule has 1 saturated heterocycles. The van der Waals surface area contributed by atoms with E-state index >= 15 is 0 Å². The Morgan fingerprint density at radius 2 is 1.74 bits per heavy atom. The van der Waals surface area contributed by atoms with Crippen LogP contribution in [0.25, 0.3) is 16.7 Å². The van der Waals surface area contributed by atoms with Crippen molar-refractivity contribution in [1.82, 2.24) is 34.2 Å². The van der Waals surface area contributed by atoms with E-state index in [9.17, 15) is 9.59 Å². The number of aryl methyl sites for hydroxylation is 3. The van der Waals surface area contributed by atoms with E-state index in [1.165, 1.54) is 10.9 Å². The summed E-state index contributed by atoms with van der Waals surface area (Å²) in [6.07, 6.45) is 3.33. The Morgan fingerprint density at radius 3 is 2.50 bits per heavy atom. The number of benzene rings is 1. The number of rotatable bonds is 5. The Balaban J connectivity index is 1.20. The maximum absolute atomic E-state index is 12.8. The summed E-state index contributed by atoms with van der Waals surface area (Å²) in [5.74, 6) is 1.58. The highest BCUT2D eigenvalue weighted by molar-refractivity contribution is 5.78. The molecule has 0 spiro atoms. The molecule has 0 bridgehead atoms. The molecule has 0 saturated carbocycles. The zero-order valence-electron chi connectivity index (χ0n) is 19.3. The van der Waals surface area contributed by atoms with Crippen LogP contribution in [0, 0.1) is 13.8 Å². The van der Waals surface area contributed by atoms with Crippen molar-refractivity contribution in [3.05, 3.63) is 70.8 Å². The zero-order chi connectivity index (χ0) is 23.7. The van der Waals surface area contributed by atoms with Crippen LogP contribution < -0.4 is 10.5 Å². The van der Waals surface area contributed by atoms with E-state index in [1.807, 2.05) is 53.8 Å². The lowest BCUT2D eigenvalue weighted by molar-refractivity contribution is -0.131. The van der Waals surface area contributed by atoms with Crippen molar-refractivity contribution in [3.63, 3.8) is 0 Å². The molecular formula is C24H26N8O2. The number of piperazine rings is 1. The Morgan fingerprint density at radius 1 is 0.971 bits per heavy atom. The summed E-state index contributed by atoms with van der Waals surface area (Å²) < 4.78 is 3.32. The zero-order valence-corrected chi connectivity index (χ0v) is 19.3. The molecule has 1 aliphatic heterocycles. The summed E-state index contributed by atoms with van der Waals surface area (Å²) >= 11 is 0. The van der Waals surface area contributed by atoms with E-state index in [2.05, 4.69) is 25.0 Å². The highest BCUT2D eigenvalue weighted by atomic mass is 16.2. The third-order valence-electron chi connectivity index (χ3n) is 6.12. The molecule has 34 heavy (non-hydrogen) atoms. The van der Waals surface area contributed by atoms with Gasteiger partial charge in [0.05, 0.1) is 22.9 Å². The van der Waals surface area contributed by atoms with Gasteiger partial charge in [0.15, 0.2) is 5.82 Å². The lowest BCUT2D eigenvalue weighted by Gasteiger charge is -2.35. The predicted octanol–water partition coefficient (Wildman–Crippen LogP) is 1.73. The van der Waals surface area contributed by atoms with Gasteiger partial charge in [0.25, 0.3) is 5.56 Å². The maximum atomic E-state index is 12.8. The van der Waals surface area contributed by atoms with Crippen LogP contribution in [0.2, 0.25) is 0 Å². The first-order valence-corrected chi connectivity index (χ1v) is 11.3. The topological polar surface area (TPSA) is 102 Å². The first-order valence-electron chi connectivity index (χ1n) is 11.3. The van der Waals surface area contributed by atoms with Crippen LogP contribution >= 0.6 is 0 Å². The lowest BCUT2D eigenvalue weighted by Crippen LogP contribution is -2.49. The van der Waals surface area contributed by atoms with Crippen LogP contribution in [0.4, 0.5) is 5.82 Å². The van der Waals surface area contributed by atoms with Gasteiger partial charge in [0, 0.05) is 50.9 Å². The van der Waals surface area contributed by atoms with Gasteiger partial charge >= 0.3 is 0 Å². The Bertz CT molecular complexity index is 1400. The number of para-hydroxylation sites is 1. The molecule has 1 amide bonds. The summed E-state index contributed by atoms with van der Waals surface area (Å²) in [5, 5.41) is 5.06. The van der Waals surface area contributed by atoms with E-state index in [4.69, 9.17) is 0 Å². The van der Waals surface area contributed by atoms with E-state index in [0.29, 0.717) is 43.6 Å². The van der Waals surface area contributed by atoms with Gasteiger partial charge in [-0.3, -0.25) is 14.2 Å². The van der Waals surface area contributed by atoms with Crippen molar-refractivity contribution >= 4 is 22.6 Å². The number of amides is 1. The normalized spacial score (nSPS) is 14.1. The van der Waals surface area contributed by atoms with Crippen LogP contribution in [0.5, 0.6) is 0 Å². The molecule has 4 heterocycles. The summed E-state index contributed by atoms with van der Waals surface area (Å²) in [6, 6.07) is 11.2. The fourth-order valence-electron chi connectivity index (χ4n) is 4.31.